The summed E-state index contributed by atoms with van der Waals surface area (Å²) in [7, 11) is 1.58. The van der Waals surface area contributed by atoms with E-state index in [2.05, 4.69) is 18.5 Å². The number of aromatic nitrogens is 1. The molecule has 0 aliphatic heterocycles. The van der Waals surface area contributed by atoms with Crippen LogP contribution in [0.5, 0.6) is 0 Å². The lowest BCUT2D eigenvalue weighted by atomic mass is 10.2. The molecule has 0 saturated carbocycles. The second-order valence-electron chi connectivity index (χ2n) is 5.12. The number of nitrogens with zero attached hydrogens (tertiary/aromatic N) is 1. The molecule has 136 valence electrons. The zero-order valence-electron chi connectivity index (χ0n) is 15.1. The van der Waals surface area contributed by atoms with Gasteiger partial charge in [-0.05, 0) is 19.1 Å². The molecule has 1 rings (SSSR count). The van der Waals surface area contributed by atoms with Gasteiger partial charge in [0.2, 0.25) is 0 Å². The second kappa shape index (κ2) is 11.3. The molecule has 0 aromatic carbocycles. The first kappa shape index (κ1) is 20.7. The van der Waals surface area contributed by atoms with Crippen molar-refractivity contribution in [3.8, 4) is 0 Å². The minimum absolute atomic E-state index is 0.239. The van der Waals surface area contributed by atoms with E-state index in [-0.39, 0.29) is 17.7 Å². The van der Waals surface area contributed by atoms with Gasteiger partial charge in [-0.3, -0.25) is 4.79 Å². The molecule has 1 aromatic heterocycles. The van der Waals surface area contributed by atoms with E-state index >= 15 is 0 Å². The van der Waals surface area contributed by atoms with Crippen LogP contribution < -0.4 is 10.9 Å². The molecule has 0 bridgehead atoms. The van der Waals surface area contributed by atoms with E-state index < -0.39 is 5.97 Å². The second-order valence-corrected chi connectivity index (χ2v) is 5.12. The molecule has 1 heterocycles. The van der Waals surface area contributed by atoms with Gasteiger partial charge in [0.25, 0.3) is 5.56 Å². The van der Waals surface area contributed by atoms with Crippen molar-refractivity contribution >= 4 is 11.7 Å². The number of rotatable bonds is 9. The number of aryl methyl sites for hydroxylation is 1. The van der Waals surface area contributed by atoms with E-state index in [1.807, 2.05) is 30.4 Å². The summed E-state index contributed by atoms with van der Waals surface area (Å²) in [5.74, 6) is -0.498. The van der Waals surface area contributed by atoms with E-state index in [1.165, 1.54) is 16.8 Å². The summed E-state index contributed by atoms with van der Waals surface area (Å²) >= 11 is 0. The number of hydrogen-bond donors (Lipinski definition) is 1. The molecule has 0 aliphatic rings. The fraction of sp³-hybridized carbons (Fsp3) is 0.143. The van der Waals surface area contributed by atoms with Crippen molar-refractivity contribution in [2.45, 2.75) is 6.92 Å². The summed E-state index contributed by atoms with van der Waals surface area (Å²) < 4.78 is 6.39. The highest BCUT2D eigenvalue weighted by Crippen LogP contribution is 2.17. The number of hydrogen-bond acceptors (Lipinski definition) is 4. The van der Waals surface area contributed by atoms with Gasteiger partial charge in [-0.15, -0.1) is 0 Å². The number of carbonyl (C=O) groups excluding carboxylic acids is 1. The lowest BCUT2D eigenvalue weighted by Crippen LogP contribution is -2.20. The van der Waals surface area contributed by atoms with Crippen molar-refractivity contribution in [2.75, 3.05) is 11.9 Å². The Morgan fingerprint density at radius 1 is 1.19 bits per heavy atom. The number of nitrogens with one attached hydrogen (secondary N) is 1. The third kappa shape index (κ3) is 6.65. The van der Waals surface area contributed by atoms with Crippen LogP contribution in [0.1, 0.15) is 17.3 Å². The Labute approximate surface area is 154 Å². The van der Waals surface area contributed by atoms with Crippen LogP contribution in [0, 0.1) is 0 Å². The third-order valence-electron chi connectivity index (χ3n) is 3.16. The highest BCUT2D eigenvalue weighted by Gasteiger charge is 2.15. The lowest BCUT2D eigenvalue weighted by molar-refractivity contribution is 0.0526. The highest BCUT2D eigenvalue weighted by atomic mass is 16.5. The topological polar surface area (TPSA) is 60.3 Å². The van der Waals surface area contributed by atoms with E-state index in [0.29, 0.717) is 11.4 Å². The normalized spacial score (nSPS) is 12.0. The Balaban J connectivity index is 3.13. The molecule has 0 unspecified atom stereocenters. The first-order valence-corrected chi connectivity index (χ1v) is 8.13. The Morgan fingerprint density at radius 2 is 1.88 bits per heavy atom. The quantitative estimate of drug-likeness (QED) is 0.541. The number of anilines is 1. The molecule has 1 N–H and O–H groups in total. The zero-order valence-corrected chi connectivity index (χ0v) is 15.1. The highest BCUT2D eigenvalue weighted by molar-refractivity contribution is 5.95. The van der Waals surface area contributed by atoms with Crippen molar-refractivity contribution in [1.29, 1.82) is 0 Å². The molecule has 0 fully saturated rings. The third-order valence-corrected chi connectivity index (χ3v) is 3.16. The molecule has 26 heavy (non-hydrogen) atoms. The molecule has 0 amide bonds. The maximum Gasteiger partial charge on any atom is 0.341 e. The van der Waals surface area contributed by atoms with Gasteiger partial charge in [0.05, 0.1) is 17.9 Å². The monoisotopic (exact) mass is 352 g/mol. The summed E-state index contributed by atoms with van der Waals surface area (Å²) in [5, 5.41) is 3.08. The minimum atomic E-state index is -0.498. The summed E-state index contributed by atoms with van der Waals surface area (Å²) in [6.07, 6.45) is 17.5. The number of esters is 1. The Morgan fingerprint density at radius 3 is 2.54 bits per heavy atom. The van der Waals surface area contributed by atoms with Crippen molar-refractivity contribution in [2.24, 2.45) is 7.05 Å². The van der Waals surface area contributed by atoms with E-state index in [4.69, 9.17) is 4.74 Å². The first-order chi connectivity index (χ1) is 12.5. The summed E-state index contributed by atoms with van der Waals surface area (Å²) in [6, 6.07) is 1.36. The Hall–Kier alpha value is -3.34. The van der Waals surface area contributed by atoms with Crippen LogP contribution in [0.25, 0.3) is 0 Å². The molecule has 0 atom stereocenters. The fourth-order valence-corrected chi connectivity index (χ4v) is 1.96. The van der Waals surface area contributed by atoms with Gasteiger partial charge >= 0.3 is 5.97 Å². The molecule has 1 aromatic rings. The number of pyridine rings is 1. The molecular formula is C21H24N2O3. The van der Waals surface area contributed by atoms with Crippen LogP contribution in [0.15, 0.2) is 90.6 Å². The average Bonchev–Trinajstić information content (AvgIpc) is 2.61. The van der Waals surface area contributed by atoms with Gasteiger partial charge in [0, 0.05) is 25.0 Å². The predicted molar refractivity (Wildman–Crippen MR) is 107 cm³/mol. The summed E-state index contributed by atoms with van der Waals surface area (Å²) in [5.41, 5.74) is 1.08. The predicted octanol–water partition coefficient (Wildman–Crippen LogP) is 3.90. The van der Waals surface area contributed by atoms with Crippen LogP contribution in [0.2, 0.25) is 0 Å². The van der Waals surface area contributed by atoms with Gasteiger partial charge in [-0.1, -0.05) is 55.7 Å². The minimum Gasteiger partial charge on any atom is -0.462 e. The van der Waals surface area contributed by atoms with Crippen molar-refractivity contribution in [3.05, 3.63) is 102 Å². The lowest BCUT2D eigenvalue weighted by Gasteiger charge is -2.13. The maximum atomic E-state index is 12.2. The largest absolute Gasteiger partial charge is 0.462 e. The van der Waals surface area contributed by atoms with Crippen molar-refractivity contribution in [1.82, 2.24) is 4.57 Å². The van der Waals surface area contributed by atoms with Crippen LogP contribution in [0.3, 0.4) is 0 Å². The number of ether oxygens (including phenoxy) is 1. The smallest absolute Gasteiger partial charge is 0.341 e. The van der Waals surface area contributed by atoms with Gasteiger partial charge in [-0.25, -0.2) is 4.79 Å². The van der Waals surface area contributed by atoms with Crippen LogP contribution in [0.4, 0.5) is 5.69 Å². The molecule has 5 nitrogen and oxygen atoms in total. The van der Waals surface area contributed by atoms with Crippen LogP contribution >= 0.6 is 0 Å². The Bertz CT molecular complexity index is 824. The molecule has 5 heteroatoms. The molecule has 0 saturated heterocycles. The van der Waals surface area contributed by atoms with Gasteiger partial charge in [0.1, 0.15) is 0 Å². The first-order valence-electron chi connectivity index (χ1n) is 8.13. The zero-order chi connectivity index (χ0) is 19.4. The summed E-state index contributed by atoms with van der Waals surface area (Å²) in [6.45, 7) is 9.25. The SMILES string of the molecule is C=C\C=C/C=C\C=C/C(=C\C=C)Nc1cc(=O)n(C)cc1C(=O)OCC. The molecule has 0 aliphatic carbocycles. The molecule has 0 spiro atoms. The standard InChI is InChI=1S/C21H24N2O3/c1-5-8-9-10-11-12-14-17(13-6-2)22-19-15-20(24)23(4)16-18(19)21(25)26-7-3/h5-6,8-16,22H,1-2,7H2,3-4H3/b9-8-,11-10-,14-12-,17-13+. The van der Waals surface area contributed by atoms with E-state index in [1.54, 1.807) is 38.3 Å². The van der Waals surface area contributed by atoms with Crippen LogP contribution in [-0.4, -0.2) is 17.1 Å². The van der Waals surface area contributed by atoms with Gasteiger partial charge < -0.3 is 14.6 Å². The fourth-order valence-electron chi connectivity index (χ4n) is 1.96. The summed E-state index contributed by atoms with van der Waals surface area (Å²) in [4.78, 5) is 24.1. The van der Waals surface area contributed by atoms with Gasteiger partial charge in [0.15, 0.2) is 0 Å². The number of allylic oxidation sites excluding steroid dienone is 9. The Kier molecular flexibility index (Phi) is 8.96. The molecule has 0 radical (unpaired) electrons. The maximum absolute atomic E-state index is 12.2. The number of carbonyl (C=O) groups is 1. The molecular weight excluding hydrogens is 328 g/mol. The average molecular weight is 352 g/mol. The van der Waals surface area contributed by atoms with Gasteiger partial charge in [-0.2, -0.15) is 0 Å². The van der Waals surface area contributed by atoms with Crippen LogP contribution in [-0.2, 0) is 11.8 Å². The van der Waals surface area contributed by atoms with E-state index in [0.717, 1.165) is 0 Å². The van der Waals surface area contributed by atoms with Crippen molar-refractivity contribution < 1.29 is 9.53 Å². The van der Waals surface area contributed by atoms with Crippen molar-refractivity contribution in [3.63, 3.8) is 0 Å². The van der Waals surface area contributed by atoms with E-state index in [9.17, 15) is 9.59 Å².